The SMILES string of the molecule is [O-][NH+](O)c1ccccc1C=Cc1cc(C=Cc2ccccc2[NH+]([O-])O)c([NH+]([O-])O)cc1[NH+]([O-])O. The molecule has 4 atom stereocenters. The van der Waals surface area contributed by atoms with Gasteiger partial charge >= 0.3 is 0 Å². The zero-order valence-corrected chi connectivity index (χ0v) is 17.5. The van der Waals surface area contributed by atoms with Crippen molar-refractivity contribution >= 4 is 47.1 Å². The highest BCUT2D eigenvalue weighted by molar-refractivity contribution is 5.83. The summed E-state index contributed by atoms with van der Waals surface area (Å²) in [5, 5.41) is 79.3. The average Bonchev–Trinajstić information content (AvgIpc) is 2.81. The maximum absolute atomic E-state index is 11.8. The first-order valence-corrected chi connectivity index (χ1v) is 9.84. The van der Waals surface area contributed by atoms with E-state index < -0.39 is 20.9 Å². The lowest BCUT2D eigenvalue weighted by atomic mass is 10.0. The summed E-state index contributed by atoms with van der Waals surface area (Å²) in [5.41, 5.74) is 0.412. The van der Waals surface area contributed by atoms with Gasteiger partial charge in [0.05, 0.1) is 6.07 Å². The second kappa shape index (κ2) is 11.2. The second-order valence-corrected chi connectivity index (χ2v) is 7.09. The Labute approximate surface area is 193 Å². The molecule has 0 radical (unpaired) electrons. The number of para-hydroxylation sites is 2. The molecule has 3 rings (SSSR count). The van der Waals surface area contributed by atoms with Gasteiger partial charge in [0.2, 0.25) is 0 Å². The Balaban J connectivity index is 2.10. The Bertz CT molecular complexity index is 1110. The maximum atomic E-state index is 11.8. The van der Waals surface area contributed by atoms with Crippen molar-refractivity contribution in [1.82, 2.24) is 0 Å². The zero-order chi connectivity index (χ0) is 24.8. The molecule has 0 saturated heterocycles. The quantitative estimate of drug-likeness (QED) is 0.162. The molecule has 0 aliphatic heterocycles. The van der Waals surface area contributed by atoms with Gasteiger partial charge in [-0.1, -0.05) is 24.3 Å². The summed E-state index contributed by atoms with van der Waals surface area (Å²) in [5.74, 6) is 0. The van der Waals surface area contributed by atoms with E-state index in [1.807, 2.05) is 0 Å². The lowest BCUT2D eigenvalue weighted by Crippen LogP contribution is -3.01. The molecule has 0 saturated carbocycles. The van der Waals surface area contributed by atoms with Gasteiger partial charge in [-0.3, -0.25) is 0 Å². The van der Waals surface area contributed by atoms with E-state index in [-0.39, 0.29) is 33.9 Å². The van der Waals surface area contributed by atoms with Crippen molar-refractivity contribution in [3.8, 4) is 0 Å². The van der Waals surface area contributed by atoms with E-state index in [2.05, 4.69) is 0 Å². The summed E-state index contributed by atoms with van der Waals surface area (Å²) in [7, 11) is 0. The topological polar surface area (TPSA) is 191 Å². The molecular formula is C22H22N4O8. The number of hydrogen-bond donors (Lipinski definition) is 8. The van der Waals surface area contributed by atoms with Gasteiger partial charge < -0.3 is 20.8 Å². The third kappa shape index (κ3) is 5.96. The van der Waals surface area contributed by atoms with Crippen molar-refractivity contribution in [3.05, 3.63) is 104 Å². The van der Waals surface area contributed by atoms with Crippen molar-refractivity contribution in [1.29, 1.82) is 0 Å². The molecular weight excluding hydrogens is 448 g/mol. The molecule has 8 N–H and O–H groups in total. The van der Waals surface area contributed by atoms with Crippen LogP contribution in [0.4, 0.5) is 22.7 Å². The van der Waals surface area contributed by atoms with Crippen molar-refractivity contribution < 1.29 is 41.7 Å². The largest absolute Gasteiger partial charge is 0.595 e. The van der Waals surface area contributed by atoms with Gasteiger partial charge in [-0.15, -0.1) is 0 Å². The minimum Gasteiger partial charge on any atom is -0.595 e. The van der Waals surface area contributed by atoms with E-state index in [1.165, 1.54) is 42.5 Å². The molecule has 0 heterocycles. The van der Waals surface area contributed by atoms with Gasteiger partial charge in [-0.05, 0) is 42.5 Å². The highest BCUT2D eigenvalue weighted by Gasteiger charge is 2.17. The van der Waals surface area contributed by atoms with Crippen LogP contribution in [0.3, 0.4) is 0 Å². The van der Waals surface area contributed by atoms with Crippen LogP contribution in [0.15, 0.2) is 60.7 Å². The van der Waals surface area contributed by atoms with Crippen LogP contribution >= 0.6 is 0 Å². The molecule has 3 aromatic carbocycles. The number of benzene rings is 3. The van der Waals surface area contributed by atoms with Crippen LogP contribution in [0.1, 0.15) is 22.3 Å². The number of quaternary nitrogens is 4. The molecule has 4 unspecified atom stereocenters. The minimum absolute atomic E-state index is 0.0168. The first kappa shape index (κ1) is 25.3. The normalized spacial score (nSPS) is 15.5. The van der Waals surface area contributed by atoms with E-state index in [4.69, 9.17) is 0 Å². The molecule has 0 bridgehead atoms. The van der Waals surface area contributed by atoms with E-state index in [9.17, 15) is 41.7 Å². The third-order valence-electron chi connectivity index (χ3n) is 4.95. The highest BCUT2D eigenvalue weighted by atomic mass is 16.8. The molecule has 178 valence electrons. The van der Waals surface area contributed by atoms with Crippen molar-refractivity contribution in [3.63, 3.8) is 0 Å². The van der Waals surface area contributed by atoms with Gasteiger partial charge in [-0.2, -0.15) is 20.9 Å². The van der Waals surface area contributed by atoms with Crippen LogP contribution in [-0.2, 0) is 0 Å². The van der Waals surface area contributed by atoms with E-state index in [0.29, 0.717) is 11.1 Å². The van der Waals surface area contributed by atoms with Crippen molar-refractivity contribution in [2.24, 2.45) is 0 Å². The molecule has 0 aromatic heterocycles. The smallest absolute Gasteiger partial charge is 0.177 e. The van der Waals surface area contributed by atoms with Crippen LogP contribution in [-0.4, -0.2) is 20.8 Å². The lowest BCUT2D eigenvalue weighted by molar-refractivity contribution is -0.996. The van der Waals surface area contributed by atoms with Gasteiger partial charge in [0.1, 0.15) is 0 Å². The Hall–Kier alpha value is -3.34. The van der Waals surface area contributed by atoms with Crippen molar-refractivity contribution in [2.45, 2.75) is 0 Å². The van der Waals surface area contributed by atoms with Gasteiger partial charge in [0, 0.05) is 34.4 Å². The van der Waals surface area contributed by atoms with E-state index >= 15 is 0 Å². The van der Waals surface area contributed by atoms with Crippen LogP contribution < -0.4 is 20.9 Å². The van der Waals surface area contributed by atoms with E-state index in [0.717, 1.165) is 6.07 Å². The minimum atomic E-state index is -1.36. The molecule has 34 heavy (non-hydrogen) atoms. The Morgan fingerprint density at radius 2 is 0.765 bits per heavy atom. The summed E-state index contributed by atoms with van der Waals surface area (Å²) in [6.45, 7) is 0. The number of rotatable bonds is 8. The standard InChI is InChI=1S/C22H22N4O8/c27-23(28)19-7-3-1-5-15(19)9-11-17-13-18(22(26(33)34)14-21(17)25(31)32)12-10-16-6-2-4-8-20(16)24(29)30/h1-14,23-27,29,31,33H. The van der Waals surface area contributed by atoms with Gasteiger partial charge in [-0.25, -0.2) is 20.8 Å². The second-order valence-electron chi connectivity index (χ2n) is 7.09. The molecule has 12 heteroatoms. The Morgan fingerprint density at radius 3 is 1.12 bits per heavy atom. The third-order valence-corrected chi connectivity index (χ3v) is 4.95. The molecule has 3 aromatic rings. The molecule has 0 aliphatic rings. The van der Waals surface area contributed by atoms with Crippen molar-refractivity contribution in [2.75, 3.05) is 0 Å². The Kier molecular flexibility index (Phi) is 8.32. The first-order chi connectivity index (χ1) is 16.2. The summed E-state index contributed by atoms with van der Waals surface area (Å²) in [6, 6.07) is 14.6. The molecule has 12 nitrogen and oxygen atoms in total. The van der Waals surface area contributed by atoms with Crippen LogP contribution in [0, 0.1) is 20.8 Å². The Morgan fingerprint density at radius 1 is 0.441 bits per heavy atom. The summed E-state index contributed by atoms with van der Waals surface area (Å²) >= 11 is 0. The highest BCUT2D eigenvalue weighted by Crippen LogP contribution is 2.26. The maximum Gasteiger partial charge on any atom is 0.177 e. The fourth-order valence-corrected chi connectivity index (χ4v) is 3.31. The number of nitrogens with one attached hydrogen (secondary N) is 4. The lowest BCUT2D eigenvalue weighted by Gasteiger charge is -2.20. The van der Waals surface area contributed by atoms with Gasteiger partial charge in [0.25, 0.3) is 0 Å². The predicted octanol–water partition coefficient (Wildman–Crippen LogP) is -0.359. The monoisotopic (exact) mass is 470 g/mol. The van der Waals surface area contributed by atoms with Gasteiger partial charge in [0.15, 0.2) is 22.7 Å². The molecule has 0 amide bonds. The van der Waals surface area contributed by atoms with E-state index in [1.54, 1.807) is 36.4 Å². The fraction of sp³-hybridized carbons (Fsp3) is 0. The molecule has 0 fully saturated rings. The molecule has 0 spiro atoms. The summed E-state index contributed by atoms with van der Waals surface area (Å²) in [4.78, 5) is 0. The summed E-state index contributed by atoms with van der Waals surface area (Å²) in [6.07, 6.45) is 5.64. The van der Waals surface area contributed by atoms with Crippen LogP contribution in [0.25, 0.3) is 24.3 Å². The zero-order valence-electron chi connectivity index (χ0n) is 17.5. The number of hydrogen-bond acceptors (Lipinski definition) is 8. The van der Waals surface area contributed by atoms with Crippen LogP contribution in [0.5, 0.6) is 0 Å². The summed E-state index contributed by atoms with van der Waals surface area (Å²) < 4.78 is 0. The fourth-order valence-electron chi connectivity index (χ4n) is 3.31. The first-order valence-electron chi connectivity index (χ1n) is 9.84. The predicted molar refractivity (Wildman–Crippen MR) is 120 cm³/mol. The average molecular weight is 470 g/mol. The van der Waals surface area contributed by atoms with Crippen LogP contribution in [0.2, 0.25) is 0 Å². The molecule has 0 aliphatic carbocycles.